The third-order valence-corrected chi connectivity index (χ3v) is 3.32. The SMILES string of the molecule is CC(C)c1cc2ccccc2cc1SOOO. The van der Waals surface area contributed by atoms with E-state index in [9.17, 15) is 0 Å². The van der Waals surface area contributed by atoms with Crippen molar-refractivity contribution in [3.63, 3.8) is 0 Å². The highest BCUT2D eigenvalue weighted by molar-refractivity contribution is 7.94. The predicted octanol–water partition coefficient (Wildman–Crippen LogP) is 4.39. The fourth-order valence-electron chi connectivity index (χ4n) is 1.81. The van der Waals surface area contributed by atoms with Gasteiger partial charge in [0.15, 0.2) is 0 Å². The molecule has 0 saturated heterocycles. The Morgan fingerprint density at radius 3 is 2.35 bits per heavy atom. The summed E-state index contributed by atoms with van der Waals surface area (Å²) in [6.45, 7) is 4.24. The van der Waals surface area contributed by atoms with Gasteiger partial charge in [0.25, 0.3) is 0 Å². The molecule has 2 aromatic carbocycles. The first-order valence-electron chi connectivity index (χ1n) is 5.40. The smallest absolute Gasteiger partial charge is 0.0717 e. The molecule has 4 heteroatoms. The fraction of sp³-hybridized carbons (Fsp3) is 0.231. The lowest BCUT2D eigenvalue weighted by Gasteiger charge is -2.12. The second kappa shape index (κ2) is 5.51. The molecule has 0 atom stereocenters. The summed E-state index contributed by atoms with van der Waals surface area (Å²) in [5.41, 5.74) is 1.17. The zero-order chi connectivity index (χ0) is 12.3. The lowest BCUT2D eigenvalue weighted by molar-refractivity contribution is -0.432. The molecular weight excluding hydrogens is 236 g/mol. The molecule has 0 aromatic heterocycles. The minimum atomic E-state index is 0.379. The van der Waals surface area contributed by atoms with Crippen LogP contribution in [0.4, 0.5) is 0 Å². The normalized spacial score (nSPS) is 11.3. The Labute approximate surface area is 104 Å². The van der Waals surface area contributed by atoms with Gasteiger partial charge in [0.2, 0.25) is 0 Å². The molecule has 2 rings (SSSR count). The summed E-state index contributed by atoms with van der Waals surface area (Å²) in [5, 5.41) is 14.2. The van der Waals surface area contributed by atoms with Crippen molar-refractivity contribution in [2.24, 2.45) is 0 Å². The molecule has 0 radical (unpaired) electrons. The van der Waals surface area contributed by atoms with Crippen molar-refractivity contribution in [1.29, 1.82) is 0 Å². The zero-order valence-electron chi connectivity index (χ0n) is 9.71. The summed E-state index contributed by atoms with van der Waals surface area (Å²) in [5.74, 6) is 0.379. The third kappa shape index (κ3) is 2.79. The molecule has 0 bridgehead atoms. The largest absolute Gasteiger partial charge is 0.220 e. The Kier molecular flexibility index (Phi) is 4.02. The van der Waals surface area contributed by atoms with E-state index < -0.39 is 0 Å². The molecule has 0 aliphatic carbocycles. The summed E-state index contributed by atoms with van der Waals surface area (Å²) in [7, 11) is 0. The maximum atomic E-state index is 8.23. The van der Waals surface area contributed by atoms with E-state index in [1.807, 2.05) is 24.3 Å². The molecule has 0 fully saturated rings. The van der Waals surface area contributed by atoms with Gasteiger partial charge < -0.3 is 0 Å². The van der Waals surface area contributed by atoms with Gasteiger partial charge in [0.1, 0.15) is 0 Å². The van der Waals surface area contributed by atoms with Crippen LogP contribution in [0.3, 0.4) is 0 Å². The Morgan fingerprint density at radius 1 is 1.12 bits per heavy atom. The first-order chi connectivity index (χ1) is 8.22. The number of rotatable bonds is 4. The van der Waals surface area contributed by atoms with Crippen molar-refractivity contribution in [3.8, 4) is 0 Å². The van der Waals surface area contributed by atoms with Gasteiger partial charge in [0.05, 0.1) is 12.0 Å². The van der Waals surface area contributed by atoms with Gasteiger partial charge in [-0.3, -0.25) is 0 Å². The molecular formula is C13H14O3S. The van der Waals surface area contributed by atoms with Crippen LogP contribution in [-0.2, 0) is 9.37 Å². The van der Waals surface area contributed by atoms with E-state index in [4.69, 9.17) is 5.26 Å². The van der Waals surface area contributed by atoms with E-state index in [1.165, 1.54) is 10.9 Å². The van der Waals surface area contributed by atoms with Gasteiger partial charge in [0, 0.05) is 4.90 Å². The molecule has 1 N–H and O–H groups in total. The second-order valence-electron chi connectivity index (χ2n) is 4.12. The van der Waals surface area contributed by atoms with Crippen LogP contribution in [0.25, 0.3) is 10.8 Å². The number of hydrogen-bond donors (Lipinski definition) is 1. The van der Waals surface area contributed by atoms with E-state index in [0.29, 0.717) is 5.92 Å². The Balaban J connectivity index is 2.50. The maximum absolute atomic E-state index is 8.23. The van der Waals surface area contributed by atoms with Crippen molar-refractivity contribution >= 4 is 22.8 Å². The summed E-state index contributed by atoms with van der Waals surface area (Å²) in [4.78, 5) is 0.952. The van der Waals surface area contributed by atoms with E-state index in [1.54, 1.807) is 0 Å². The van der Waals surface area contributed by atoms with Gasteiger partial charge in [-0.15, -0.1) is 4.33 Å². The van der Waals surface area contributed by atoms with Gasteiger partial charge in [-0.2, -0.15) is 0 Å². The average Bonchev–Trinajstić information content (AvgIpc) is 2.35. The standard InChI is InChI=1S/C13H14O3S/c1-9(2)12-7-10-5-3-4-6-11(10)8-13(12)17-16-15-14/h3-9,14H,1-2H3. The highest BCUT2D eigenvalue weighted by atomic mass is 32.2. The number of benzene rings is 2. The van der Waals surface area contributed by atoms with E-state index in [-0.39, 0.29) is 0 Å². The molecule has 90 valence electrons. The first-order valence-corrected chi connectivity index (χ1v) is 6.14. The quantitative estimate of drug-likeness (QED) is 0.496. The summed E-state index contributed by atoms with van der Waals surface area (Å²) >= 11 is 1.02. The van der Waals surface area contributed by atoms with Gasteiger partial charge in [-0.25, -0.2) is 5.26 Å². The molecule has 0 heterocycles. The molecule has 3 nitrogen and oxygen atoms in total. The molecule has 0 aliphatic rings. The molecule has 0 spiro atoms. The van der Waals surface area contributed by atoms with E-state index in [2.05, 4.69) is 35.4 Å². The Bertz CT molecular complexity index is 511. The van der Waals surface area contributed by atoms with Crippen LogP contribution < -0.4 is 0 Å². The number of hydrogen-bond acceptors (Lipinski definition) is 4. The minimum Gasteiger partial charge on any atom is -0.220 e. The molecule has 0 amide bonds. The van der Waals surface area contributed by atoms with Crippen molar-refractivity contribution < 1.29 is 14.6 Å². The molecule has 0 aliphatic heterocycles. The maximum Gasteiger partial charge on any atom is 0.0717 e. The van der Waals surface area contributed by atoms with Crippen molar-refractivity contribution in [2.45, 2.75) is 24.7 Å². The monoisotopic (exact) mass is 250 g/mol. The molecule has 0 saturated carbocycles. The van der Waals surface area contributed by atoms with Crippen LogP contribution in [0.5, 0.6) is 0 Å². The number of fused-ring (bicyclic) bond motifs is 1. The van der Waals surface area contributed by atoms with Crippen molar-refractivity contribution in [2.75, 3.05) is 0 Å². The molecule has 2 aromatic rings. The van der Waals surface area contributed by atoms with Gasteiger partial charge >= 0.3 is 0 Å². The van der Waals surface area contributed by atoms with Gasteiger partial charge in [-0.05, 0) is 34.4 Å². The van der Waals surface area contributed by atoms with Crippen LogP contribution >= 0.6 is 12.0 Å². The molecule has 17 heavy (non-hydrogen) atoms. The van der Waals surface area contributed by atoms with Gasteiger partial charge in [-0.1, -0.05) is 43.2 Å². The van der Waals surface area contributed by atoms with E-state index in [0.717, 1.165) is 22.3 Å². The van der Waals surface area contributed by atoms with Crippen LogP contribution in [0.15, 0.2) is 41.3 Å². The van der Waals surface area contributed by atoms with E-state index >= 15 is 0 Å². The molecule has 0 unspecified atom stereocenters. The summed E-state index contributed by atoms with van der Waals surface area (Å²) < 4.78 is 4.53. The Hall–Kier alpha value is -1.07. The summed E-state index contributed by atoms with van der Waals surface area (Å²) in [6.07, 6.45) is 0. The lowest BCUT2D eigenvalue weighted by atomic mass is 9.99. The summed E-state index contributed by atoms with van der Waals surface area (Å²) in [6, 6.07) is 12.3. The van der Waals surface area contributed by atoms with Crippen molar-refractivity contribution in [1.82, 2.24) is 0 Å². The lowest BCUT2D eigenvalue weighted by Crippen LogP contribution is -1.92. The zero-order valence-corrected chi connectivity index (χ0v) is 10.5. The highest BCUT2D eigenvalue weighted by Crippen LogP contribution is 2.33. The van der Waals surface area contributed by atoms with Crippen LogP contribution in [0, 0.1) is 0 Å². The first kappa shape index (κ1) is 12.4. The van der Waals surface area contributed by atoms with Crippen LogP contribution in [0.1, 0.15) is 25.3 Å². The highest BCUT2D eigenvalue weighted by Gasteiger charge is 2.10. The van der Waals surface area contributed by atoms with Crippen molar-refractivity contribution in [3.05, 3.63) is 42.0 Å². The predicted molar refractivity (Wildman–Crippen MR) is 68.7 cm³/mol. The van der Waals surface area contributed by atoms with Crippen LogP contribution in [0.2, 0.25) is 0 Å². The van der Waals surface area contributed by atoms with Crippen LogP contribution in [-0.4, -0.2) is 5.26 Å². The minimum absolute atomic E-state index is 0.379. The topological polar surface area (TPSA) is 38.7 Å². The third-order valence-electron chi connectivity index (χ3n) is 2.65. The second-order valence-corrected chi connectivity index (χ2v) is 4.86. The fourth-order valence-corrected chi connectivity index (χ4v) is 2.48. The Morgan fingerprint density at radius 2 is 1.76 bits per heavy atom. The average molecular weight is 250 g/mol.